The molecule has 0 radical (unpaired) electrons. The minimum absolute atomic E-state index is 0.729. The van der Waals surface area contributed by atoms with E-state index in [1.165, 1.54) is 11.1 Å². The smallest absolute Gasteiger partial charge is 0.0478 e. The first-order valence-corrected chi connectivity index (χ1v) is 8.43. The molecule has 0 aliphatic heterocycles. The Balaban J connectivity index is 2.25. The monoisotopic (exact) mass is 410 g/mol. The first kappa shape index (κ1) is 15.6. The molecule has 0 aliphatic carbocycles. The largest absolute Gasteiger partial charge is 0.0876 e. The van der Waals surface area contributed by atoms with Gasteiger partial charge in [-0.05, 0) is 34.9 Å². The molecule has 2 rings (SSSR count). The number of hydrogen-bond donors (Lipinski definition) is 0. The minimum Gasteiger partial charge on any atom is -0.0876 e. The van der Waals surface area contributed by atoms with Gasteiger partial charge in [-0.3, -0.25) is 0 Å². The molecule has 0 saturated carbocycles. The van der Waals surface area contributed by atoms with E-state index in [9.17, 15) is 0 Å². The Kier molecular flexibility index (Phi) is 6.08. The maximum Gasteiger partial charge on any atom is 0.0478 e. The molecule has 0 saturated heterocycles. The van der Waals surface area contributed by atoms with E-state index in [2.05, 4.69) is 50.1 Å². The van der Waals surface area contributed by atoms with Crippen LogP contribution >= 0.6 is 43.5 Å². The van der Waals surface area contributed by atoms with Crippen molar-refractivity contribution in [2.45, 2.75) is 0 Å². The Morgan fingerprint density at radius 1 is 0.900 bits per heavy atom. The summed E-state index contributed by atoms with van der Waals surface area (Å²) in [6.45, 7) is 0. The molecular weight excluding hydrogens is 399 g/mol. The molecule has 20 heavy (non-hydrogen) atoms. The van der Waals surface area contributed by atoms with Crippen molar-refractivity contribution in [1.82, 2.24) is 0 Å². The molecule has 0 spiro atoms. The zero-order valence-corrected chi connectivity index (χ0v) is 14.6. The molecule has 3 heteroatoms. The first-order chi connectivity index (χ1) is 9.70. The van der Waals surface area contributed by atoms with Crippen molar-refractivity contribution >= 4 is 54.1 Å². The van der Waals surface area contributed by atoms with Crippen LogP contribution in [0.2, 0.25) is 0 Å². The van der Waals surface area contributed by atoms with Crippen molar-refractivity contribution in [3.05, 3.63) is 82.3 Å². The first-order valence-electron chi connectivity index (χ1n) is 6.14. The Labute approximate surface area is 141 Å². The van der Waals surface area contributed by atoms with Gasteiger partial charge in [-0.1, -0.05) is 92.0 Å². The summed E-state index contributed by atoms with van der Waals surface area (Å²) in [5.74, 6) is 0. The van der Waals surface area contributed by atoms with E-state index in [1.807, 2.05) is 48.5 Å². The summed E-state index contributed by atoms with van der Waals surface area (Å²) in [5, 5.41) is 1.52. The second-order valence-corrected chi connectivity index (χ2v) is 6.10. The molecule has 0 nitrogen and oxygen atoms in total. The fourth-order valence-electron chi connectivity index (χ4n) is 1.75. The van der Waals surface area contributed by atoms with Crippen molar-refractivity contribution < 1.29 is 0 Å². The summed E-state index contributed by atoms with van der Waals surface area (Å²) in [5.41, 5.74) is 3.40. The van der Waals surface area contributed by atoms with Crippen LogP contribution in [0.4, 0.5) is 0 Å². The van der Waals surface area contributed by atoms with Gasteiger partial charge in [0.15, 0.2) is 0 Å². The normalized spacial score (nSPS) is 12.6. The van der Waals surface area contributed by atoms with Gasteiger partial charge in [0, 0.05) is 14.8 Å². The summed E-state index contributed by atoms with van der Waals surface area (Å²) in [6.07, 6.45) is 3.99. The van der Waals surface area contributed by atoms with E-state index in [-0.39, 0.29) is 0 Å². The Hall–Kier alpha value is -0.830. The van der Waals surface area contributed by atoms with E-state index < -0.39 is 0 Å². The van der Waals surface area contributed by atoms with Crippen LogP contribution < -0.4 is 0 Å². The quantitative estimate of drug-likeness (QED) is 0.397. The fraction of sp³-hybridized carbons (Fsp3) is 0.0588. The molecule has 2 aromatic rings. The summed E-state index contributed by atoms with van der Waals surface area (Å²) >= 11 is 13.3. The van der Waals surface area contributed by atoms with Crippen LogP contribution in [-0.4, -0.2) is 5.33 Å². The summed E-state index contributed by atoms with van der Waals surface area (Å²) in [4.78, 5) is 0. The summed E-state index contributed by atoms with van der Waals surface area (Å²) in [6, 6.07) is 18.2. The van der Waals surface area contributed by atoms with Crippen LogP contribution in [0.1, 0.15) is 11.1 Å². The predicted molar refractivity (Wildman–Crippen MR) is 96.2 cm³/mol. The third kappa shape index (κ3) is 4.34. The van der Waals surface area contributed by atoms with Gasteiger partial charge in [-0.15, -0.1) is 0 Å². The van der Waals surface area contributed by atoms with E-state index in [0.29, 0.717) is 0 Å². The number of hydrogen-bond acceptors (Lipinski definition) is 0. The zero-order valence-electron chi connectivity index (χ0n) is 10.7. The maximum absolute atomic E-state index is 6.33. The fourth-order valence-corrected chi connectivity index (χ4v) is 2.71. The second kappa shape index (κ2) is 7.82. The van der Waals surface area contributed by atoms with Gasteiger partial charge >= 0.3 is 0 Å². The molecule has 102 valence electrons. The van der Waals surface area contributed by atoms with Gasteiger partial charge < -0.3 is 0 Å². The molecule has 0 heterocycles. The zero-order chi connectivity index (χ0) is 14.4. The minimum atomic E-state index is 0.729. The van der Waals surface area contributed by atoms with Gasteiger partial charge in [-0.2, -0.15) is 0 Å². The highest BCUT2D eigenvalue weighted by Gasteiger charge is 2.00. The lowest BCUT2D eigenvalue weighted by molar-refractivity contribution is 1.58. The molecule has 0 unspecified atom stereocenters. The lowest BCUT2D eigenvalue weighted by Gasteiger charge is -2.03. The molecular formula is C17H13Br2Cl. The number of benzene rings is 2. The standard InChI is InChI=1S/C17H13Br2Cl/c18-12-15(13-4-2-1-3-5-13)8-11-17(20)14-6-9-16(19)10-7-14/h1-11H,12H2. The molecule has 0 aromatic heterocycles. The number of alkyl halides is 1. The van der Waals surface area contributed by atoms with Gasteiger partial charge in [-0.25, -0.2) is 0 Å². The number of allylic oxidation sites excluding steroid dienone is 3. The Morgan fingerprint density at radius 3 is 2.15 bits per heavy atom. The highest BCUT2D eigenvalue weighted by molar-refractivity contribution is 9.10. The highest BCUT2D eigenvalue weighted by atomic mass is 79.9. The van der Waals surface area contributed by atoms with Crippen molar-refractivity contribution in [3.8, 4) is 0 Å². The second-order valence-electron chi connectivity index (χ2n) is 4.21. The molecule has 0 fully saturated rings. The van der Waals surface area contributed by atoms with Gasteiger partial charge in [0.05, 0.1) is 0 Å². The van der Waals surface area contributed by atoms with E-state index >= 15 is 0 Å². The SMILES string of the molecule is ClC(=CC=C(CBr)c1ccccc1)c1ccc(Br)cc1. The highest BCUT2D eigenvalue weighted by Crippen LogP contribution is 2.23. The summed E-state index contributed by atoms with van der Waals surface area (Å²) in [7, 11) is 0. The van der Waals surface area contributed by atoms with Crippen LogP contribution in [0.25, 0.3) is 10.6 Å². The van der Waals surface area contributed by atoms with E-state index in [0.717, 1.165) is 20.4 Å². The molecule has 0 aliphatic rings. The molecule has 0 N–H and O–H groups in total. The lowest BCUT2D eigenvalue weighted by atomic mass is 10.1. The predicted octanol–water partition coefficient (Wildman–Crippen LogP) is 6.51. The molecule has 2 aromatic carbocycles. The third-order valence-electron chi connectivity index (χ3n) is 2.84. The van der Waals surface area contributed by atoms with Crippen molar-refractivity contribution in [2.24, 2.45) is 0 Å². The molecule has 0 amide bonds. The Morgan fingerprint density at radius 2 is 1.55 bits per heavy atom. The van der Waals surface area contributed by atoms with Crippen molar-refractivity contribution in [2.75, 3.05) is 5.33 Å². The number of rotatable bonds is 4. The van der Waals surface area contributed by atoms with Crippen LogP contribution in [0.3, 0.4) is 0 Å². The van der Waals surface area contributed by atoms with Gasteiger partial charge in [0.2, 0.25) is 0 Å². The van der Waals surface area contributed by atoms with E-state index in [4.69, 9.17) is 11.6 Å². The average Bonchev–Trinajstić information content (AvgIpc) is 2.49. The van der Waals surface area contributed by atoms with Crippen LogP contribution in [0.15, 0.2) is 71.2 Å². The number of halogens is 3. The van der Waals surface area contributed by atoms with Crippen LogP contribution in [0, 0.1) is 0 Å². The summed E-state index contributed by atoms with van der Waals surface area (Å²) < 4.78 is 1.05. The van der Waals surface area contributed by atoms with Gasteiger partial charge in [0.25, 0.3) is 0 Å². The van der Waals surface area contributed by atoms with Crippen molar-refractivity contribution in [1.29, 1.82) is 0 Å². The topological polar surface area (TPSA) is 0 Å². The average molecular weight is 413 g/mol. The molecule has 0 bridgehead atoms. The van der Waals surface area contributed by atoms with Crippen LogP contribution in [-0.2, 0) is 0 Å². The van der Waals surface area contributed by atoms with E-state index in [1.54, 1.807) is 0 Å². The van der Waals surface area contributed by atoms with Crippen molar-refractivity contribution in [3.63, 3.8) is 0 Å². The molecule has 0 atom stereocenters. The van der Waals surface area contributed by atoms with Gasteiger partial charge in [0.1, 0.15) is 0 Å². The third-order valence-corrected chi connectivity index (χ3v) is 4.32. The lowest BCUT2D eigenvalue weighted by Crippen LogP contribution is -1.84. The van der Waals surface area contributed by atoms with Crippen LogP contribution in [0.5, 0.6) is 0 Å². The maximum atomic E-state index is 6.33. The Bertz CT molecular complexity index is 613.